The Morgan fingerprint density at radius 1 is 1.33 bits per heavy atom. The molecule has 1 saturated heterocycles. The lowest BCUT2D eigenvalue weighted by Crippen LogP contribution is -2.15. The molecule has 0 saturated carbocycles. The minimum atomic E-state index is 0.687. The van der Waals surface area contributed by atoms with Crippen molar-refractivity contribution in [1.29, 1.82) is 0 Å². The highest BCUT2D eigenvalue weighted by atomic mass is 16.5. The van der Waals surface area contributed by atoms with Crippen LogP contribution in [0.3, 0.4) is 0 Å². The van der Waals surface area contributed by atoms with E-state index in [0.29, 0.717) is 5.92 Å². The SMILES string of the molecule is Cc1ccc(OC[C@@H]2CCNC2)cc1C. The summed E-state index contributed by atoms with van der Waals surface area (Å²) < 4.78 is 5.79. The van der Waals surface area contributed by atoms with Crippen molar-refractivity contribution < 1.29 is 4.74 Å². The van der Waals surface area contributed by atoms with Crippen molar-refractivity contribution in [3.63, 3.8) is 0 Å². The molecule has 82 valence electrons. The number of hydrogen-bond donors (Lipinski definition) is 1. The summed E-state index contributed by atoms with van der Waals surface area (Å²) in [5.74, 6) is 1.69. The van der Waals surface area contributed by atoms with Gasteiger partial charge in [-0.1, -0.05) is 6.07 Å². The van der Waals surface area contributed by atoms with Crippen LogP contribution in [0.15, 0.2) is 18.2 Å². The first kappa shape index (κ1) is 10.5. The molecule has 15 heavy (non-hydrogen) atoms. The molecule has 0 bridgehead atoms. The maximum absolute atomic E-state index is 5.79. The summed E-state index contributed by atoms with van der Waals surface area (Å²) in [6.45, 7) is 7.33. The van der Waals surface area contributed by atoms with Gasteiger partial charge in [-0.15, -0.1) is 0 Å². The molecule has 0 aliphatic carbocycles. The minimum absolute atomic E-state index is 0.687. The molecule has 1 aromatic rings. The van der Waals surface area contributed by atoms with Gasteiger partial charge in [0.2, 0.25) is 0 Å². The van der Waals surface area contributed by atoms with Gasteiger partial charge < -0.3 is 10.1 Å². The Kier molecular flexibility index (Phi) is 3.27. The molecule has 0 amide bonds. The second-order valence-electron chi connectivity index (χ2n) is 4.42. The Bertz CT molecular complexity index is 329. The van der Waals surface area contributed by atoms with E-state index >= 15 is 0 Å². The smallest absolute Gasteiger partial charge is 0.119 e. The number of rotatable bonds is 3. The molecule has 1 fully saturated rings. The predicted octanol–water partition coefficient (Wildman–Crippen LogP) is 2.29. The first-order valence-electron chi connectivity index (χ1n) is 5.66. The maximum atomic E-state index is 5.79. The molecule has 1 aromatic carbocycles. The Morgan fingerprint density at radius 2 is 2.20 bits per heavy atom. The van der Waals surface area contributed by atoms with Gasteiger partial charge in [-0.25, -0.2) is 0 Å². The molecule has 2 rings (SSSR count). The summed E-state index contributed by atoms with van der Waals surface area (Å²) in [5, 5.41) is 3.35. The van der Waals surface area contributed by atoms with Gasteiger partial charge >= 0.3 is 0 Å². The van der Waals surface area contributed by atoms with Crippen molar-refractivity contribution in [1.82, 2.24) is 5.32 Å². The largest absolute Gasteiger partial charge is 0.493 e. The molecule has 1 aliphatic heterocycles. The third-order valence-corrected chi connectivity index (χ3v) is 3.13. The molecular formula is C13H19NO. The van der Waals surface area contributed by atoms with Crippen molar-refractivity contribution in [2.45, 2.75) is 20.3 Å². The molecule has 2 nitrogen and oxygen atoms in total. The lowest BCUT2D eigenvalue weighted by Gasteiger charge is -2.11. The summed E-state index contributed by atoms with van der Waals surface area (Å²) in [6, 6.07) is 6.31. The number of nitrogens with one attached hydrogen (secondary N) is 1. The third-order valence-electron chi connectivity index (χ3n) is 3.13. The van der Waals surface area contributed by atoms with Crippen molar-refractivity contribution >= 4 is 0 Å². The standard InChI is InChI=1S/C13H19NO/c1-10-3-4-13(7-11(10)2)15-9-12-5-6-14-8-12/h3-4,7,12,14H,5-6,8-9H2,1-2H3/t12-/m1/s1. The van der Waals surface area contributed by atoms with E-state index in [-0.39, 0.29) is 0 Å². The van der Waals surface area contributed by atoms with Gasteiger partial charge in [0.15, 0.2) is 0 Å². The highest BCUT2D eigenvalue weighted by molar-refractivity contribution is 5.33. The normalized spacial score (nSPS) is 20.5. The number of hydrogen-bond acceptors (Lipinski definition) is 2. The quantitative estimate of drug-likeness (QED) is 0.817. The van der Waals surface area contributed by atoms with Crippen LogP contribution in [0.2, 0.25) is 0 Å². The van der Waals surface area contributed by atoms with Crippen LogP contribution < -0.4 is 10.1 Å². The van der Waals surface area contributed by atoms with Crippen LogP contribution in [0.4, 0.5) is 0 Å². The fourth-order valence-electron chi connectivity index (χ4n) is 1.87. The monoisotopic (exact) mass is 205 g/mol. The topological polar surface area (TPSA) is 21.3 Å². The van der Waals surface area contributed by atoms with E-state index in [1.807, 2.05) is 0 Å². The zero-order valence-electron chi connectivity index (χ0n) is 9.55. The first-order valence-corrected chi connectivity index (χ1v) is 5.66. The third kappa shape index (κ3) is 2.72. The van der Waals surface area contributed by atoms with Crippen LogP contribution in [0.1, 0.15) is 17.5 Å². The van der Waals surface area contributed by atoms with E-state index in [0.717, 1.165) is 25.4 Å². The van der Waals surface area contributed by atoms with E-state index in [1.54, 1.807) is 0 Å². The van der Waals surface area contributed by atoms with Crippen LogP contribution in [0.5, 0.6) is 5.75 Å². The summed E-state index contributed by atoms with van der Waals surface area (Å²) in [6.07, 6.45) is 1.24. The second kappa shape index (κ2) is 4.67. The maximum Gasteiger partial charge on any atom is 0.119 e. The van der Waals surface area contributed by atoms with E-state index in [1.165, 1.54) is 17.5 Å². The molecule has 0 spiro atoms. The summed E-state index contributed by atoms with van der Waals surface area (Å²) >= 11 is 0. The summed E-state index contributed by atoms with van der Waals surface area (Å²) in [5.41, 5.74) is 2.63. The molecule has 0 radical (unpaired) electrons. The molecule has 0 aromatic heterocycles. The van der Waals surface area contributed by atoms with Gasteiger partial charge in [0, 0.05) is 12.5 Å². The molecular weight excluding hydrogens is 186 g/mol. The average Bonchev–Trinajstić information content (AvgIpc) is 2.73. The fraction of sp³-hybridized carbons (Fsp3) is 0.538. The van der Waals surface area contributed by atoms with Crippen molar-refractivity contribution in [3.8, 4) is 5.75 Å². The van der Waals surface area contributed by atoms with Crippen LogP contribution in [0.25, 0.3) is 0 Å². The Morgan fingerprint density at radius 3 is 2.87 bits per heavy atom. The van der Waals surface area contributed by atoms with Gasteiger partial charge in [0.1, 0.15) is 5.75 Å². The average molecular weight is 205 g/mol. The van der Waals surface area contributed by atoms with Crippen molar-refractivity contribution in [2.24, 2.45) is 5.92 Å². The van der Waals surface area contributed by atoms with Gasteiger partial charge in [0.25, 0.3) is 0 Å². The van der Waals surface area contributed by atoms with E-state index < -0.39 is 0 Å². The molecule has 1 aliphatic rings. The molecule has 1 atom stereocenters. The zero-order chi connectivity index (χ0) is 10.7. The Balaban J connectivity index is 1.90. The fourth-order valence-corrected chi connectivity index (χ4v) is 1.87. The zero-order valence-corrected chi connectivity index (χ0v) is 9.55. The molecule has 2 heteroatoms. The first-order chi connectivity index (χ1) is 7.25. The van der Waals surface area contributed by atoms with E-state index in [9.17, 15) is 0 Å². The van der Waals surface area contributed by atoms with Crippen molar-refractivity contribution in [2.75, 3.05) is 19.7 Å². The molecule has 0 unspecified atom stereocenters. The van der Waals surface area contributed by atoms with Crippen molar-refractivity contribution in [3.05, 3.63) is 29.3 Å². The lowest BCUT2D eigenvalue weighted by molar-refractivity contribution is 0.260. The van der Waals surface area contributed by atoms with Crippen LogP contribution in [-0.4, -0.2) is 19.7 Å². The highest BCUT2D eigenvalue weighted by Gasteiger charge is 2.14. The van der Waals surface area contributed by atoms with Crippen LogP contribution in [0, 0.1) is 19.8 Å². The van der Waals surface area contributed by atoms with Crippen LogP contribution >= 0.6 is 0 Å². The minimum Gasteiger partial charge on any atom is -0.493 e. The van der Waals surface area contributed by atoms with Gasteiger partial charge in [0.05, 0.1) is 6.61 Å². The molecule has 1 N–H and O–H groups in total. The second-order valence-corrected chi connectivity index (χ2v) is 4.42. The Hall–Kier alpha value is -1.02. The summed E-state index contributed by atoms with van der Waals surface area (Å²) in [4.78, 5) is 0. The van der Waals surface area contributed by atoms with Gasteiger partial charge in [-0.05, 0) is 50.1 Å². The number of benzene rings is 1. The highest BCUT2D eigenvalue weighted by Crippen LogP contribution is 2.18. The van der Waals surface area contributed by atoms with Gasteiger partial charge in [-0.3, -0.25) is 0 Å². The number of aryl methyl sites for hydroxylation is 2. The van der Waals surface area contributed by atoms with Crippen LogP contribution in [-0.2, 0) is 0 Å². The molecule has 1 heterocycles. The van der Waals surface area contributed by atoms with E-state index in [4.69, 9.17) is 4.74 Å². The van der Waals surface area contributed by atoms with E-state index in [2.05, 4.69) is 37.4 Å². The lowest BCUT2D eigenvalue weighted by atomic mass is 10.1. The summed E-state index contributed by atoms with van der Waals surface area (Å²) in [7, 11) is 0. The Labute approximate surface area is 91.6 Å². The van der Waals surface area contributed by atoms with Gasteiger partial charge in [-0.2, -0.15) is 0 Å². The number of ether oxygens (including phenoxy) is 1. The predicted molar refractivity (Wildman–Crippen MR) is 62.4 cm³/mol.